The molecule has 19 heavy (non-hydrogen) atoms. The quantitative estimate of drug-likeness (QED) is 0.727. The van der Waals surface area contributed by atoms with Gasteiger partial charge in [-0.25, -0.2) is 0 Å². The topological polar surface area (TPSA) is 32.8 Å². The highest BCUT2D eigenvalue weighted by atomic mass is 16.5. The summed E-state index contributed by atoms with van der Waals surface area (Å²) in [4.78, 5) is 16.6. The third kappa shape index (κ3) is 4.46. The van der Waals surface area contributed by atoms with E-state index >= 15 is 0 Å². The maximum absolute atomic E-state index is 11.5. The number of hydrogen-bond donors (Lipinski definition) is 0. The van der Waals surface area contributed by atoms with Gasteiger partial charge in [0.1, 0.15) is 0 Å². The van der Waals surface area contributed by atoms with E-state index in [0.29, 0.717) is 18.9 Å². The lowest BCUT2D eigenvalue weighted by atomic mass is 9.91. The molecule has 0 atom stereocenters. The molecular weight excluding hydrogens is 240 g/mol. The molecule has 0 unspecified atom stereocenters. The van der Waals surface area contributed by atoms with Crippen LogP contribution in [-0.2, 0) is 9.53 Å². The summed E-state index contributed by atoms with van der Waals surface area (Å²) in [5.41, 5.74) is 0. The molecule has 0 saturated carbocycles. The van der Waals surface area contributed by atoms with Crippen LogP contribution in [-0.4, -0.2) is 61.6 Å². The third-order valence-electron chi connectivity index (χ3n) is 4.61. The molecule has 0 bridgehead atoms. The highest BCUT2D eigenvalue weighted by Crippen LogP contribution is 2.25. The van der Waals surface area contributed by atoms with E-state index in [-0.39, 0.29) is 5.97 Å². The number of rotatable bonds is 4. The Morgan fingerprint density at radius 3 is 2.32 bits per heavy atom. The molecule has 2 heterocycles. The molecule has 4 nitrogen and oxygen atoms in total. The molecule has 0 aromatic rings. The van der Waals surface area contributed by atoms with E-state index in [1.165, 1.54) is 39.0 Å². The van der Waals surface area contributed by atoms with Crippen LogP contribution in [0.2, 0.25) is 0 Å². The molecular formula is C15H28N2O2. The number of carbonyl (C=O) groups excluding carboxylic acids is 1. The summed E-state index contributed by atoms with van der Waals surface area (Å²) in [6.45, 7) is 7.17. The van der Waals surface area contributed by atoms with Crippen LogP contribution < -0.4 is 0 Å². The van der Waals surface area contributed by atoms with Crippen molar-refractivity contribution in [1.82, 2.24) is 9.80 Å². The Hall–Kier alpha value is -0.610. The van der Waals surface area contributed by atoms with Crippen molar-refractivity contribution >= 4 is 5.97 Å². The first-order chi connectivity index (χ1) is 9.19. The standard InChI is InChI=1S/C15H28N2O2/c1-3-19-15(18)12-13-4-10-17(11-5-13)14-6-8-16(2)9-7-14/h13-14H,3-12H2,1-2H3. The van der Waals surface area contributed by atoms with E-state index < -0.39 is 0 Å². The van der Waals surface area contributed by atoms with E-state index in [9.17, 15) is 4.79 Å². The summed E-state index contributed by atoms with van der Waals surface area (Å²) in [7, 11) is 2.21. The van der Waals surface area contributed by atoms with Crippen molar-refractivity contribution < 1.29 is 9.53 Å². The Balaban J connectivity index is 1.69. The minimum atomic E-state index is -0.0137. The largest absolute Gasteiger partial charge is 0.466 e. The van der Waals surface area contributed by atoms with Crippen molar-refractivity contribution in [3.63, 3.8) is 0 Å². The fourth-order valence-corrected chi connectivity index (χ4v) is 3.34. The fraction of sp³-hybridized carbons (Fsp3) is 0.933. The van der Waals surface area contributed by atoms with E-state index in [2.05, 4.69) is 16.8 Å². The first-order valence-electron chi connectivity index (χ1n) is 7.77. The van der Waals surface area contributed by atoms with Crippen molar-refractivity contribution in [3.05, 3.63) is 0 Å². The zero-order valence-corrected chi connectivity index (χ0v) is 12.4. The number of ether oxygens (including phenoxy) is 1. The van der Waals surface area contributed by atoms with Crippen LogP contribution in [0.15, 0.2) is 0 Å². The SMILES string of the molecule is CCOC(=O)CC1CCN(C2CCN(C)CC2)CC1. The van der Waals surface area contributed by atoms with Gasteiger partial charge in [-0.15, -0.1) is 0 Å². The van der Waals surface area contributed by atoms with Gasteiger partial charge < -0.3 is 14.5 Å². The first-order valence-corrected chi connectivity index (χ1v) is 7.77. The predicted octanol–water partition coefficient (Wildman–Crippen LogP) is 1.75. The van der Waals surface area contributed by atoms with Crippen LogP contribution in [0.4, 0.5) is 0 Å². The van der Waals surface area contributed by atoms with Crippen molar-refractivity contribution in [2.45, 2.75) is 45.1 Å². The molecule has 2 fully saturated rings. The molecule has 0 amide bonds. The summed E-state index contributed by atoms with van der Waals surface area (Å²) in [6.07, 6.45) is 5.55. The van der Waals surface area contributed by atoms with Gasteiger partial charge in [-0.1, -0.05) is 0 Å². The molecule has 110 valence electrons. The van der Waals surface area contributed by atoms with Gasteiger partial charge in [0.2, 0.25) is 0 Å². The van der Waals surface area contributed by atoms with Crippen molar-refractivity contribution in [2.75, 3.05) is 39.8 Å². The molecule has 2 aliphatic rings. The molecule has 0 aromatic heterocycles. The lowest BCUT2D eigenvalue weighted by molar-refractivity contribution is -0.144. The van der Waals surface area contributed by atoms with Gasteiger partial charge in [-0.3, -0.25) is 4.79 Å². The molecule has 0 radical (unpaired) electrons. The smallest absolute Gasteiger partial charge is 0.306 e. The van der Waals surface area contributed by atoms with E-state index in [0.717, 1.165) is 18.9 Å². The lowest BCUT2D eigenvalue weighted by Gasteiger charge is -2.41. The highest BCUT2D eigenvalue weighted by Gasteiger charge is 2.28. The molecule has 2 aliphatic heterocycles. The molecule has 2 rings (SSSR count). The van der Waals surface area contributed by atoms with Crippen LogP contribution in [0, 0.1) is 5.92 Å². The van der Waals surface area contributed by atoms with Crippen molar-refractivity contribution in [3.8, 4) is 0 Å². The van der Waals surface area contributed by atoms with E-state index in [4.69, 9.17) is 4.74 Å². The second-order valence-corrected chi connectivity index (χ2v) is 6.02. The maximum atomic E-state index is 11.5. The third-order valence-corrected chi connectivity index (χ3v) is 4.61. The van der Waals surface area contributed by atoms with Gasteiger partial charge in [-0.05, 0) is 71.8 Å². The monoisotopic (exact) mass is 268 g/mol. The lowest BCUT2D eigenvalue weighted by Crippen LogP contribution is -2.47. The van der Waals surface area contributed by atoms with Crippen molar-refractivity contribution in [1.29, 1.82) is 0 Å². The zero-order chi connectivity index (χ0) is 13.7. The number of nitrogens with zero attached hydrogens (tertiary/aromatic N) is 2. The average Bonchev–Trinajstić information content (AvgIpc) is 2.41. The number of piperidine rings is 2. The minimum absolute atomic E-state index is 0.0137. The molecule has 0 aromatic carbocycles. The number of likely N-dealkylation sites (tertiary alicyclic amines) is 2. The fourth-order valence-electron chi connectivity index (χ4n) is 3.34. The van der Waals surface area contributed by atoms with Gasteiger partial charge in [0.25, 0.3) is 0 Å². The Bertz CT molecular complexity index is 280. The normalized spacial score (nSPS) is 24.5. The number of carbonyl (C=O) groups is 1. The van der Waals surface area contributed by atoms with Gasteiger partial charge in [0.05, 0.1) is 6.61 Å². The second-order valence-electron chi connectivity index (χ2n) is 6.02. The summed E-state index contributed by atoms with van der Waals surface area (Å²) < 4.78 is 5.04. The van der Waals surface area contributed by atoms with E-state index in [1.54, 1.807) is 0 Å². The molecule has 0 N–H and O–H groups in total. The molecule has 2 saturated heterocycles. The summed E-state index contributed by atoms with van der Waals surface area (Å²) in [5, 5.41) is 0. The second kappa shape index (κ2) is 7.25. The average molecular weight is 268 g/mol. The Morgan fingerprint density at radius 2 is 1.74 bits per heavy atom. The maximum Gasteiger partial charge on any atom is 0.306 e. The summed E-state index contributed by atoms with van der Waals surface area (Å²) >= 11 is 0. The Labute approximate surface area is 117 Å². The van der Waals surface area contributed by atoms with Crippen LogP contribution >= 0.6 is 0 Å². The summed E-state index contributed by atoms with van der Waals surface area (Å²) in [6, 6.07) is 0.778. The minimum Gasteiger partial charge on any atom is -0.466 e. The summed E-state index contributed by atoms with van der Waals surface area (Å²) in [5.74, 6) is 0.529. The predicted molar refractivity (Wildman–Crippen MR) is 76.1 cm³/mol. The van der Waals surface area contributed by atoms with Crippen LogP contribution in [0.5, 0.6) is 0 Å². The van der Waals surface area contributed by atoms with Crippen LogP contribution in [0.1, 0.15) is 39.0 Å². The Morgan fingerprint density at radius 1 is 1.11 bits per heavy atom. The highest BCUT2D eigenvalue weighted by molar-refractivity contribution is 5.69. The van der Waals surface area contributed by atoms with Gasteiger partial charge in [-0.2, -0.15) is 0 Å². The van der Waals surface area contributed by atoms with Gasteiger partial charge in [0.15, 0.2) is 0 Å². The Kier molecular flexibility index (Phi) is 5.64. The molecule has 0 spiro atoms. The molecule has 4 heteroatoms. The van der Waals surface area contributed by atoms with Gasteiger partial charge in [0, 0.05) is 12.5 Å². The molecule has 0 aliphatic carbocycles. The van der Waals surface area contributed by atoms with Crippen molar-refractivity contribution in [2.24, 2.45) is 5.92 Å². The van der Waals surface area contributed by atoms with Crippen LogP contribution in [0.25, 0.3) is 0 Å². The van der Waals surface area contributed by atoms with Gasteiger partial charge >= 0.3 is 5.97 Å². The van der Waals surface area contributed by atoms with E-state index in [1.807, 2.05) is 6.92 Å². The van der Waals surface area contributed by atoms with Crippen LogP contribution in [0.3, 0.4) is 0 Å². The number of esters is 1. The number of hydrogen-bond acceptors (Lipinski definition) is 4. The first kappa shape index (κ1) is 14.8. The zero-order valence-electron chi connectivity index (χ0n) is 12.4.